The third kappa shape index (κ3) is 1.97. The number of ketones is 1. The summed E-state index contributed by atoms with van der Waals surface area (Å²) in [4.78, 5) is 15.3. The first-order valence-corrected chi connectivity index (χ1v) is 5.77. The van der Waals surface area contributed by atoms with Crippen molar-refractivity contribution in [2.75, 3.05) is 0 Å². The van der Waals surface area contributed by atoms with Crippen molar-refractivity contribution in [3.8, 4) is 0 Å². The molecule has 90 valence electrons. The number of aromatic nitrogens is 1. The van der Waals surface area contributed by atoms with Gasteiger partial charge >= 0.3 is 0 Å². The number of carbonyl (C=O) groups is 1. The normalized spacial score (nSPS) is 12.0. The summed E-state index contributed by atoms with van der Waals surface area (Å²) in [6.45, 7) is 5.85. The average Bonchev–Trinajstić information content (AvgIpc) is 2.70. The molecular weight excluding hydrogens is 217 g/mol. The van der Waals surface area contributed by atoms with Crippen molar-refractivity contribution < 1.29 is 9.18 Å². The molecule has 1 aromatic heterocycles. The minimum absolute atomic E-state index is 0.0952. The summed E-state index contributed by atoms with van der Waals surface area (Å²) >= 11 is 0. The van der Waals surface area contributed by atoms with E-state index in [-0.39, 0.29) is 17.0 Å². The quantitative estimate of drug-likeness (QED) is 0.800. The van der Waals surface area contributed by atoms with Crippen LogP contribution in [0.15, 0.2) is 24.4 Å². The van der Waals surface area contributed by atoms with E-state index in [0.717, 1.165) is 11.8 Å². The van der Waals surface area contributed by atoms with E-state index >= 15 is 0 Å². The fourth-order valence-electron chi connectivity index (χ4n) is 1.81. The van der Waals surface area contributed by atoms with Gasteiger partial charge in [0.15, 0.2) is 5.78 Å². The van der Waals surface area contributed by atoms with Crippen molar-refractivity contribution in [3.63, 3.8) is 0 Å². The van der Waals surface area contributed by atoms with Crippen LogP contribution in [0.2, 0.25) is 0 Å². The van der Waals surface area contributed by atoms with Gasteiger partial charge < -0.3 is 4.98 Å². The van der Waals surface area contributed by atoms with Crippen LogP contribution in [0.5, 0.6) is 0 Å². The van der Waals surface area contributed by atoms with Crippen LogP contribution in [-0.4, -0.2) is 10.8 Å². The minimum atomic E-state index is -0.385. The summed E-state index contributed by atoms with van der Waals surface area (Å²) in [7, 11) is 0. The molecule has 1 heterocycles. The highest BCUT2D eigenvalue weighted by molar-refractivity contribution is 6.10. The van der Waals surface area contributed by atoms with Gasteiger partial charge in [0.2, 0.25) is 0 Å². The minimum Gasteiger partial charge on any atom is -0.360 e. The van der Waals surface area contributed by atoms with Gasteiger partial charge in [-0.15, -0.1) is 0 Å². The van der Waals surface area contributed by atoms with Crippen LogP contribution in [0.3, 0.4) is 0 Å². The highest BCUT2D eigenvalue weighted by atomic mass is 19.1. The van der Waals surface area contributed by atoms with Crippen molar-refractivity contribution in [2.24, 2.45) is 5.41 Å². The number of nitrogens with one attached hydrogen (secondary N) is 1. The van der Waals surface area contributed by atoms with Crippen molar-refractivity contribution in [3.05, 3.63) is 35.8 Å². The van der Waals surface area contributed by atoms with Crippen LogP contribution >= 0.6 is 0 Å². The van der Waals surface area contributed by atoms with Crippen LogP contribution in [0.25, 0.3) is 10.9 Å². The summed E-state index contributed by atoms with van der Waals surface area (Å²) in [6.07, 6.45) is 2.45. The van der Waals surface area contributed by atoms with Gasteiger partial charge in [0.25, 0.3) is 0 Å². The number of fused-ring (bicyclic) bond motifs is 1. The third-order valence-electron chi connectivity index (χ3n) is 3.39. The second-order valence-corrected chi connectivity index (χ2v) is 4.96. The summed E-state index contributed by atoms with van der Waals surface area (Å²) in [5.41, 5.74) is 0.927. The Labute approximate surface area is 99.8 Å². The van der Waals surface area contributed by atoms with Gasteiger partial charge in [-0.25, -0.2) is 4.39 Å². The smallest absolute Gasteiger partial charge is 0.170 e. The van der Waals surface area contributed by atoms with E-state index in [0.29, 0.717) is 11.1 Å². The Morgan fingerprint density at radius 1 is 1.41 bits per heavy atom. The van der Waals surface area contributed by atoms with Crippen molar-refractivity contribution >= 4 is 16.7 Å². The molecule has 0 aliphatic carbocycles. The molecule has 0 atom stereocenters. The SMILES string of the molecule is CCC(C)(C)C(=O)c1c[nH]c2cc(F)ccc12. The fourth-order valence-corrected chi connectivity index (χ4v) is 1.81. The number of hydrogen-bond acceptors (Lipinski definition) is 1. The Morgan fingerprint density at radius 2 is 2.12 bits per heavy atom. The lowest BCUT2D eigenvalue weighted by Crippen LogP contribution is -2.23. The lowest BCUT2D eigenvalue weighted by atomic mass is 9.82. The summed E-state index contributed by atoms with van der Waals surface area (Å²) < 4.78 is 13.0. The molecule has 0 unspecified atom stereocenters. The van der Waals surface area contributed by atoms with Gasteiger partial charge in [0, 0.05) is 28.1 Å². The maximum atomic E-state index is 13.0. The first-order chi connectivity index (χ1) is 7.95. The molecule has 0 radical (unpaired) electrons. The number of benzene rings is 1. The van der Waals surface area contributed by atoms with E-state index < -0.39 is 0 Å². The maximum absolute atomic E-state index is 13.0. The van der Waals surface area contributed by atoms with Crippen molar-refractivity contribution in [1.82, 2.24) is 4.98 Å². The lowest BCUT2D eigenvalue weighted by molar-refractivity contribution is 0.0835. The second kappa shape index (κ2) is 3.99. The van der Waals surface area contributed by atoms with Crippen LogP contribution in [0, 0.1) is 11.2 Å². The number of halogens is 1. The number of H-pyrrole nitrogens is 1. The zero-order valence-corrected chi connectivity index (χ0v) is 10.3. The van der Waals surface area contributed by atoms with Crippen LogP contribution in [0.4, 0.5) is 4.39 Å². The van der Waals surface area contributed by atoms with Gasteiger partial charge in [0.1, 0.15) is 5.82 Å². The highest BCUT2D eigenvalue weighted by Gasteiger charge is 2.28. The number of aromatic amines is 1. The topological polar surface area (TPSA) is 32.9 Å². The van der Waals surface area contributed by atoms with E-state index in [9.17, 15) is 9.18 Å². The van der Waals surface area contributed by atoms with Crippen LogP contribution in [-0.2, 0) is 0 Å². The zero-order valence-electron chi connectivity index (χ0n) is 10.3. The Bertz CT molecular complexity index is 569. The molecule has 0 aliphatic rings. The zero-order chi connectivity index (χ0) is 12.6. The van der Waals surface area contributed by atoms with E-state index in [1.807, 2.05) is 20.8 Å². The monoisotopic (exact) mass is 233 g/mol. The molecule has 1 N–H and O–H groups in total. The van der Waals surface area contributed by atoms with Gasteiger partial charge in [-0.3, -0.25) is 4.79 Å². The van der Waals surface area contributed by atoms with Crippen molar-refractivity contribution in [1.29, 1.82) is 0 Å². The molecule has 1 aromatic carbocycles. The lowest BCUT2D eigenvalue weighted by Gasteiger charge is -2.20. The predicted molar refractivity (Wildman–Crippen MR) is 66.7 cm³/mol. The first-order valence-electron chi connectivity index (χ1n) is 5.77. The molecule has 0 bridgehead atoms. The molecule has 0 saturated carbocycles. The van der Waals surface area contributed by atoms with E-state index in [1.54, 1.807) is 12.3 Å². The molecule has 2 nitrogen and oxygen atoms in total. The largest absolute Gasteiger partial charge is 0.360 e. The molecule has 17 heavy (non-hydrogen) atoms. The number of rotatable bonds is 3. The number of hydrogen-bond donors (Lipinski definition) is 1. The van der Waals surface area contributed by atoms with E-state index in [1.165, 1.54) is 12.1 Å². The summed E-state index contributed by atoms with van der Waals surface area (Å²) in [5.74, 6) is -0.203. The molecule has 0 aliphatic heterocycles. The Kier molecular flexibility index (Phi) is 2.77. The second-order valence-electron chi connectivity index (χ2n) is 4.96. The third-order valence-corrected chi connectivity index (χ3v) is 3.39. The standard InChI is InChI=1S/C14H16FNO/c1-4-14(2,3)13(17)11-8-16-12-7-9(15)5-6-10(11)12/h5-8,16H,4H2,1-3H3. The number of Topliss-reactive ketones (excluding diaryl/α,β-unsaturated/α-hetero) is 1. The first kappa shape index (κ1) is 11.8. The average molecular weight is 233 g/mol. The Hall–Kier alpha value is -1.64. The van der Waals surface area contributed by atoms with E-state index in [4.69, 9.17) is 0 Å². The molecule has 0 fully saturated rings. The molecule has 0 saturated heterocycles. The van der Waals surface area contributed by atoms with Gasteiger partial charge in [-0.05, 0) is 24.6 Å². The molecule has 2 rings (SSSR count). The number of carbonyl (C=O) groups excluding carboxylic acids is 1. The van der Waals surface area contributed by atoms with Crippen LogP contribution in [0.1, 0.15) is 37.6 Å². The Morgan fingerprint density at radius 3 is 2.76 bits per heavy atom. The van der Waals surface area contributed by atoms with Crippen LogP contribution < -0.4 is 0 Å². The molecule has 3 heteroatoms. The fraction of sp³-hybridized carbons (Fsp3) is 0.357. The summed E-state index contributed by atoms with van der Waals surface area (Å²) in [6, 6.07) is 4.44. The predicted octanol–water partition coefficient (Wildman–Crippen LogP) is 3.93. The highest BCUT2D eigenvalue weighted by Crippen LogP contribution is 2.29. The van der Waals surface area contributed by atoms with Crippen molar-refractivity contribution in [2.45, 2.75) is 27.2 Å². The maximum Gasteiger partial charge on any atom is 0.170 e. The summed E-state index contributed by atoms with van der Waals surface area (Å²) in [5, 5.41) is 0.790. The molecular formula is C14H16FNO. The van der Waals surface area contributed by atoms with Gasteiger partial charge in [-0.1, -0.05) is 20.8 Å². The van der Waals surface area contributed by atoms with Gasteiger partial charge in [-0.2, -0.15) is 0 Å². The Balaban J connectivity index is 2.54. The van der Waals surface area contributed by atoms with E-state index in [2.05, 4.69) is 4.98 Å². The molecule has 0 spiro atoms. The van der Waals surface area contributed by atoms with Gasteiger partial charge in [0.05, 0.1) is 0 Å². The molecule has 2 aromatic rings. The molecule has 0 amide bonds.